The Bertz CT molecular complexity index is 494. The van der Waals surface area contributed by atoms with Gasteiger partial charge in [-0.05, 0) is 36.1 Å². The van der Waals surface area contributed by atoms with Crippen molar-refractivity contribution in [3.05, 3.63) is 33.3 Å². The highest BCUT2D eigenvalue weighted by Gasteiger charge is 2.26. The molecule has 0 bridgehead atoms. The lowest BCUT2D eigenvalue weighted by molar-refractivity contribution is -0.133. The number of carbonyl (C=O) groups excluding carboxylic acids is 1. The molecule has 2 rings (SSSR count). The van der Waals surface area contributed by atoms with Crippen LogP contribution < -0.4 is 5.73 Å². The molecule has 3 nitrogen and oxygen atoms in total. The molecule has 0 aromatic heterocycles. The molecule has 1 aliphatic heterocycles. The first-order valence-electron chi connectivity index (χ1n) is 6.54. The summed E-state index contributed by atoms with van der Waals surface area (Å²) in [5.74, 6) is 0.0125. The van der Waals surface area contributed by atoms with Gasteiger partial charge in [0.05, 0.1) is 6.04 Å². The second-order valence-electron chi connectivity index (χ2n) is 4.93. The number of nitrogens with two attached hydrogens (primary N) is 1. The third-order valence-electron chi connectivity index (χ3n) is 3.48. The molecule has 0 saturated heterocycles. The molecule has 1 aromatic carbocycles. The van der Waals surface area contributed by atoms with E-state index < -0.39 is 6.04 Å². The van der Waals surface area contributed by atoms with E-state index in [1.165, 1.54) is 0 Å². The topological polar surface area (TPSA) is 46.3 Å². The van der Waals surface area contributed by atoms with Gasteiger partial charge in [-0.25, -0.2) is 0 Å². The highest BCUT2D eigenvalue weighted by atomic mass is 35.5. The zero-order valence-corrected chi connectivity index (χ0v) is 13.7. The monoisotopic (exact) mass is 336 g/mol. The van der Waals surface area contributed by atoms with Crippen LogP contribution in [0, 0.1) is 0 Å². The van der Waals surface area contributed by atoms with Crippen molar-refractivity contribution in [2.24, 2.45) is 5.73 Å². The number of hydrogen-bond acceptors (Lipinski definition) is 2. The fourth-order valence-electron chi connectivity index (χ4n) is 2.44. The Labute approximate surface area is 135 Å². The number of amides is 1. The molecule has 1 atom stereocenters. The van der Waals surface area contributed by atoms with E-state index in [-0.39, 0.29) is 18.3 Å². The summed E-state index contributed by atoms with van der Waals surface area (Å²) in [5, 5.41) is 1.27. The molecule has 20 heavy (non-hydrogen) atoms. The average Bonchev–Trinajstić information content (AvgIpc) is 2.37. The van der Waals surface area contributed by atoms with Gasteiger partial charge in [0.25, 0.3) is 0 Å². The van der Waals surface area contributed by atoms with Crippen molar-refractivity contribution in [1.29, 1.82) is 0 Å². The zero-order valence-electron chi connectivity index (χ0n) is 11.4. The predicted octanol–water partition coefficient (Wildman–Crippen LogP) is 3.43. The van der Waals surface area contributed by atoms with Crippen LogP contribution in [0.3, 0.4) is 0 Å². The molecule has 1 unspecified atom stereocenters. The summed E-state index contributed by atoms with van der Waals surface area (Å²) in [6.07, 6.45) is 2.41. The molecular weight excluding hydrogens is 319 g/mol. The Kier molecular flexibility index (Phi) is 6.59. The zero-order chi connectivity index (χ0) is 14.0. The molecule has 1 amide bonds. The SMILES string of the molecule is CCCC(N)C(=O)N1CCc2cc(Cl)cc(Cl)c2C1.Cl. The van der Waals surface area contributed by atoms with Crippen molar-refractivity contribution in [3.8, 4) is 0 Å². The smallest absolute Gasteiger partial charge is 0.239 e. The van der Waals surface area contributed by atoms with Crippen molar-refractivity contribution in [3.63, 3.8) is 0 Å². The fourth-order valence-corrected chi connectivity index (χ4v) is 3.03. The summed E-state index contributed by atoms with van der Waals surface area (Å²) in [4.78, 5) is 14.0. The number of benzene rings is 1. The van der Waals surface area contributed by atoms with Crippen molar-refractivity contribution >= 4 is 41.5 Å². The molecule has 0 radical (unpaired) electrons. The van der Waals surface area contributed by atoms with Crippen LogP contribution in [0.1, 0.15) is 30.9 Å². The van der Waals surface area contributed by atoms with E-state index in [1.807, 2.05) is 13.0 Å². The molecule has 1 aliphatic rings. The molecule has 0 saturated carbocycles. The minimum Gasteiger partial charge on any atom is -0.337 e. The highest BCUT2D eigenvalue weighted by molar-refractivity contribution is 6.35. The van der Waals surface area contributed by atoms with E-state index >= 15 is 0 Å². The summed E-state index contributed by atoms with van der Waals surface area (Å²) in [5.41, 5.74) is 8.02. The van der Waals surface area contributed by atoms with Crippen LogP contribution in [0.25, 0.3) is 0 Å². The van der Waals surface area contributed by atoms with Crippen LogP contribution in [-0.4, -0.2) is 23.4 Å². The second kappa shape index (κ2) is 7.51. The second-order valence-corrected chi connectivity index (χ2v) is 5.77. The van der Waals surface area contributed by atoms with Gasteiger partial charge in [0.1, 0.15) is 0 Å². The van der Waals surface area contributed by atoms with Gasteiger partial charge in [-0.2, -0.15) is 0 Å². The van der Waals surface area contributed by atoms with Crippen LogP contribution in [0.5, 0.6) is 0 Å². The van der Waals surface area contributed by atoms with Crippen LogP contribution in [0.15, 0.2) is 12.1 Å². The summed E-state index contributed by atoms with van der Waals surface area (Å²) >= 11 is 12.2. The largest absolute Gasteiger partial charge is 0.337 e. The molecule has 6 heteroatoms. The number of halogens is 3. The van der Waals surface area contributed by atoms with Gasteiger partial charge in [-0.15, -0.1) is 12.4 Å². The van der Waals surface area contributed by atoms with E-state index in [0.29, 0.717) is 23.1 Å². The Morgan fingerprint density at radius 3 is 2.80 bits per heavy atom. The Morgan fingerprint density at radius 1 is 1.45 bits per heavy atom. The molecule has 1 aromatic rings. The van der Waals surface area contributed by atoms with Gasteiger partial charge < -0.3 is 10.6 Å². The molecule has 0 spiro atoms. The highest BCUT2D eigenvalue weighted by Crippen LogP contribution is 2.30. The Hall–Kier alpha value is -0.480. The maximum absolute atomic E-state index is 12.2. The standard InChI is InChI=1S/C14H18Cl2N2O.ClH/c1-2-3-13(17)14(19)18-5-4-9-6-10(15)7-12(16)11(9)8-18;/h6-7,13H,2-5,8,17H2,1H3;1H. The number of rotatable bonds is 3. The lowest BCUT2D eigenvalue weighted by Gasteiger charge is -2.31. The summed E-state index contributed by atoms with van der Waals surface area (Å²) in [6, 6.07) is 3.25. The van der Waals surface area contributed by atoms with Crippen LogP contribution in [0.2, 0.25) is 10.0 Å². The maximum atomic E-state index is 12.2. The Morgan fingerprint density at radius 2 is 2.15 bits per heavy atom. The summed E-state index contributed by atoms with van der Waals surface area (Å²) in [7, 11) is 0. The lowest BCUT2D eigenvalue weighted by Crippen LogP contribution is -2.45. The van der Waals surface area contributed by atoms with Crippen molar-refractivity contribution in [1.82, 2.24) is 4.90 Å². The third kappa shape index (κ3) is 3.79. The van der Waals surface area contributed by atoms with Crippen molar-refractivity contribution in [2.45, 2.75) is 38.8 Å². The molecule has 1 heterocycles. The first-order chi connectivity index (χ1) is 9.02. The minimum atomic E-state index is -0.405. The normalized spacial score (nSPS) is 15.3. The number of nitrogens with zero attached hydrogens (tertiary/aromatic N) is 1. The van der Waals surface area contributed by atoms with Gasteiger partial charge in [-0.1, -0.05) is 36.5 Å². The number of fused-ring (bicyclic) bond motifs is 1. The molecule has 0 aliphatic carbocycles. The first kappa shape index (κ1) is 17.6. The van der Waals surface area contributed by atoms with Gasteiger partial charge in [0.15, 0.2) is 0 Å². The minimum absolute atomic E-state index is 0. The lowest BCUT2D eigenvalue weighted by atomic mass is 9.98. The van der Waals surface area contributed by atoms with Gasteiger partial charge in [0, 0.05) is 23.1 Å². The maximum Gasteiger partial charge on any atom is 0.239 e. The van der Waals surface area contributed by atoms with Crippen LogP contribution in [0.4, 0.5) is 0 Å². The van der Waals surface area contributed by atoms with Crippen molar-refractivity contribution < 1.29 is 4.79 Å². The number of hydrogen-bond donors (Lipinski definition) is 1. The summed E-state index contributed by atoms with van der Waals surface area (Å²) < 4.78 is 0. The van der Waals surface area contributed by atoms with E-state index in [4.69, 9.17) is 28.9 Å². The fraction of sp³-hybridized carbons (Fsp3) is 0.500. The summed E-state index contributed by atoms with van der Waals surface area (Å²) in [6.45, 7) is 3.24. The molecule has 112 valence electrons. The van der Waals surface area contributed by atoms with E-state index in [9.17, 15) is 4.79 Å². The average molecular weight is 338 g/mol. The third-order valence-corrected chi connectivity index (χ3v) is 4.04. The van der Waals surface area contributed by atoms with Crippen LogP contribution >= 0.6 is 35.6 Å². The number of carbonyl (C=O) groups is 1. The molecule has 2 N–H and O–H groups in total. The first-order valence-corrected chi connectivity index (χ1v) is 7.29. The van der Waals surface area contributed by atoms with E-state index in [1.54, 1.807) is 11.0 Å². The predicted molar refractivity (Wildman–Crippen MR) is 85.7 cm³/mol. The molecular formula is C14H19Cl3N2O. The van der Waals surface area contributed by atoms with E-state index in [0.717, 1.165) is 30.4 Å². The van der Waals surface area contributed by atoms with Gasteiger partial charge in [0.2, 0.25) is 5.91 Å². The van der Waals surface area contributed by atoms with Crippen molar-refractivity contribution in [2.75, 3.05) is 6.54 Å². The van der Waals surface area contributed by atoms with Crippen LogP contribution in [-0.2, 0) is 17.8 Å². The van der Waals surface area contributed by atoms with Gasteiger partial charge >= 0.3 is 0 Å². The van der Waals surface area contributed by atoms with Gasteiger partial charge in [-0.3, -0.25) is 4.79 Å². The molecule has 0 fully saturated rings. The van der Waals surface area contributed by atoms with E-state index in [2.05, 4.69) is 0 Å². The Balaban J connectivity index is 0.00000200. The quantitative estimate of drug-likeness (QED) is 0.918.